The Morgan fingerprint density at radius 3 is 2.65 bits per heavy atom. The number of thioether (sulfide) groups is 1. The zero-order valence-corrected chi connectivity index (χ0v) is 15.5. The largest absolute Gasteiger partial charge is 0.357 e. The quantitative estimate of drug-likeness (QED) is 0.529. The summed E-state index contributed by atoms with van der Waals surface area (Å²) in [4.78, 5) is 15.7. The van der Waals surface area contributed by atoms with E-state index in [4.69, 9.17) is 0 Å². The van der Waals surface area contributed by atoms with Gasteiger partial charge in [-0.25, -0.2) is 4.99 Å². The van der Waals surface area contributed by atoms with Gasteiger partial charge in [-0.05, 0) is 44.7 Å². The van der Waals surface area contributed by atoms with E-state index in [0.717, 1.165) is 30.3 Å². The van der Waals surface area contributed by atoms with Crippen molar-refractivity contribution in [3.8, 4) is 0 Å². The summed E-state index contributed by atoms with van der Waals surface area (Å²) in [5.74, 6) is 0.736. The molecule has 0 heterocycles. The van der Waals surface area contributed by atoms with E-state index in [-0.39, 0.29) is 10.7 Å². The first-order chi connectivity index (χ1) is 10.9. The van der Waals surface area contributed by atoms with E-state index in [1.807, 2.05) is 43.0 Å². The SMILES string of the molecule is CCNC(=NCc1cccc(NC(C)=O)c1)NCC(C)(C)SC. The van der Waals surface area contributed by atoms with Crippen molar-refractivity contribution < 1.29 is 4.79 Å². The Bertz CT molecular complexity index is 543. The summed E-state index contributed by atoms with van der Waals surface area (Å²) in [5.41, 5.74) is 1.85. The molecule has 128 valence electrons. The highest BCUT2D eigenvalue weighted by atomic mass is 32.2. The number of hydrogen-bond donors (Lipinski definition) is 3. The van der Waals surface area contributed by atoms with Crippen molar-refractivity contribution in [2.24, 2.45) is 4.99 Å². The van der Waals surface area contributed by atoms with Crippen LogP contribution in [0.25, 0.3) is 0 Å². The molecule has 0 aliphatic rings. The number of carbonyl (C=O) groups excluding carboxylic acids is 1. The topological polar surface area (TPSA) is 65.5 Å². The molecule has 5 nitrogen and oxygen atoms in total. The lowest BCUT2D eigenvalue weighted by atomic mass is 10.2. The third-order valence-electron chi connectivity index (χ3n) is 3.25. The number of guanidine groups is 1. The number of aliphatic imine (C=N–C) groups is 1. The van der Waals surface area contributed by atoms with Crippen LogP contribution in [-0.4, -0.2) is 36.0 Å². The van der Waals surface area contributed by atoms with Crippen LogP contribution in [0.15, 0.2) is 29.3 Å². The molecule has 1 aromatic carbocycles. The molecule has 23 heavy (non-hydrogen) atoms. The van der Waals surface area contributed by atoms with Gasteiger partial charge in [0.25, 0.3) is 0 Å². The molecule has 0 saturated carbocycles. The first-order valence-corrected chi connectivity index (χ1v) is 9.02. The van der Waals surface area contributed by atoms with Gasteiger partial charge in [-0.15, -0.1) is 0 Å². The number of amides is 1. The second-order valence-electron chi connectivity index (χ2n) is 5.89. The van der Waals surface area contributed by atoms with Gasteiger partial charge in [-0.3, -0.25) is 4.79 Å². The maximum Gasteiger partial charge on any atom is 0.221 e. The summed E-state index contributed by atoms with van der Waals surface area (Å²) in [6, 6.07) is 7.75. The number of nitrogens with one attached hydrogen (secondary N) is 3. The average Bonchev–Trinajstić information content (AvgIpc) is 2.50. The molecule has 1 rings (SSSR count). The summed E-state index contributed by atoms with van der Waals surface area (Å²) < 4.78 is 0.154. The Kier molecular flexibility index (Phi) is 7.95. The van der Waals surface area contributed by atoms with Crippen molar-refractivity contribution in [3.05, 3.63) is 29.8 Å². The molecule has 1 amide bonds. The Morgan fingerprint density at radius 1 is 1.30 bits per heavy atom. The molecule has 0 aromatic heterocycles. The highest BCUT2D eigenvalue weighted by Gasteiger charge is 2.16. The monoisotopic (exact) mass is 336 g/mol. The molecule has 3 N–H and O–H groups in total. The van der Waals surface area contributed by atoms with Gasteiger partial charge in [0, 0.05) is 30.4 Å². The van der Waals surface area contributed by atoms with Crippen LogP contribution in [0, 0.1) is 0 Å². The molecule has 0 atom stereocenters. The lowest BCUT2D eigenvalue weighted by molar-refractivity contribution is -0.114. The molecule has 0 unspecified atom stereocenters. The number of carbonyl (C=O) groups is 1. The van der Waals surface area contributed by atoms with Crippen LogP contribution in [0.4, 0.5) is 5.69 Å². The Labute approximate surface area is 143 Å². The highest BCUT2D eigenvalue weighted by Crippen LogP contribution is 2.19. The molecule has 6 heteroatoms. The summed E-state index contributed by atoms with van der Waals surface area (Å²) in [6.45, 7) is 10.2. The van der Waals surface area contributed by atoms with Crippen molar-refractivity contribution >= 4 is 29.3 Å². The fourth-order valence-electron chi connectivity index (χ4n) is 1.83. The normalized spacial score (nSPS) is 12.0. The Hall–Kier alpha value is -1.69. The van der Waals surface area contributed by atoms with Crippen molar-refractivity contribution in [1.29, 1.82) is 0 Å². The van der Waals surface area contributed by atoms with Gasteiger partial charge in [0.05, 0.1) is 6.54 Å². The van der Waals surface area contributed by atoms with E-state index in [2.05, 4.69) is 41.0 Å². The van der Waals surface area contributed by atoms with E-state index in [1.54, 1.807) is 0 Å². The van der Waals surface area contributed by atoms with Gasteiger partial charge in [-0.2, -0.15) is 11.8 Å². The number of anilines is 1. The fraction of sp³-hybridized carbons (Fsp3) is 0.529. The zero-order valence-electron chi connectivity index (χ0n) is 14.7. The van der Waals surface area contributed by atoms with E-state index in [0.29, 0.717) is 6.54 Å². The standard InChI is InChI=1S/C17H28N4OS/c1-6-18-16(20-12-17(3,4)23-5)19-11-14-8-7-9-15(10-14)21-13(2)22/h7-10H,6,11-12H2,1-5H3,(H,21,22)(H2,18,19,20). The molecule has 0 spiro atoms. The average molecular weight is 337 g/mol. The summed E-state index contributed by atoms with van der Waals surface area (Å²) >= 11 is 1.82. The number of benzene rings is 1. The van der Waals surface area contributed by atoms with Crippen molar-refractivity contribution in [2.75, 3.05) is 24.7 Å². The van der Waals surface area contributed by atoms with Gasteiger partial charge < -0.3 is 16.0 Å². The maximum absolute atomic E-state index is 11.1. The van der Waals surface area contributed by atoms with Gasteiger partial charge in [0.15, 0.2) is 5.96 Å². The van der Waals surface area contributed by atoms with Crippen molar-refractivity contribution in [2.45, 2.75) is 39.0 Å². The lowest BCUT2D eigenvalue weighted by Crippen LogP contribution is -2.43. The zero-order chi connectivity index (χ0) is 17.3. The minimum Gasteiger partial charge on any atom is -0.357 e. The van der Waals surface area contributed by atoms with Crippen LogP contribution < -0.4 is 16.0 Å². The van der Waals surface area contributed by atoms with Crippen molar-refractivity contribution in [1.82, 2.24) is 10.6 Å². The number of nitrogens with zero attached hydrogens (tertiary/aromatic N) is 1. The molecule has 0 aliphatic carbocycles. The predicted octanol–water partition coefficient (Wildman–Crippen LogP) is 2.84. The first-order valence-electron chi connectivity index (χ1n) is 7.80. The minimum absolute atomic E-state index is 0.0695. The fourth-order valence-corrected chi connectivity index (χ4v) is 2.05. The van der Waals surface area contributed by atoms with Crippen molar-refractivity contribution in [3.63, 3.8) is 0 Å². The summed E-state index contributed by atoms with van der Waals surface area (Å²) in [5, 5.41) is 9.42. The Morgan fingerprint density at radius 2 is 2.04 bits per heavy atom. The molecule has 0 fully saturated rings. The van der Waals surface area contributed by atoms with E-state index < -0.39 is 0 Å². The van der Waals surface area contributed by atoms with Crippen LogP contribution in [0.1, 0.15) is 33.3 Å². The molecular formula is C17H28N4OS. The molecular weight excluding hydrogens is 308 g/mol. The lowest BCUT2D eigenvalue weighted by Gasteiger charge is -2.23. The Balaban J connectivity index is 2.71. The van der Waals surface area contributed by atoms with Crippen LogP contribution in [0.2, 0.25) is 0 Å². The molecule has 0 bridgehead atoms. The number of rotatable bonds is 7. The first kappa shape index (κ1) is 19.4. The second kappa shape index (κ2) is 9.45. The maximum atomic E-state index is 11.1. The predicted molar refractivity (Wildman–Crippen MR) is 101 cm³/mol. The number of hydrogen-bond acceptors (Lipinski definition) is 3. The van der Waals surface area contributed by atoms with Gasteiger partial charge in [0.1, 0.15) is 0 Å². The van der Waals surface area contributed by atoms with Crippen LogP contribution in [0.3, 0.4) is 0 Å². The third-order valence-corrected chi connectivity index (χ3v) is 4.49. The van der Waals surface area contributed by atoms with E-state index in [1.165, 1.54) is 6.92 Å². The summed E-state index contributed by atoms with van der Waals surface area (Å²) in [6.07, 6.45) is 2.11. The van der Waals surface area contributed by atoms with Gasteiger partial charge in [-0.1, -0.05) is 12.1 Å². The second-order valence-corrected chi connectivity index (χ2v) is 7.41. The van der Waals surface area contributed by atoms with Gasteiger partial charge >= 0.3 is 0 Å². The smallest absolute Gasteiger partial charge is 0.221 e. The van der Waals surface area contributed by atoms with Crippen LogP contribution in [-0.2, 0) is 11.3 Å². The molecule has 1 aromatic rings. The molecule has 0 aliphatic heterocycles. The molecule has 0 radical (unpaired) electrons. The highest BCUT2D eigenvalue weighted by molar-refractivity contribution is 7.99. The van der Waals surface area contributed by atoms with E-state index >= 15 is 0 Å². The van der Waals surface area contributed by atoms with Gasteiger partial charge in [0.2, 0.25) is 5.91 Å². The molecule has 0 saturated heterocycles. The van der Waals surface area contributed by atoms with Crippen LogP contribution >= 0.6 is 11.8 Å². The minimum atomic E-state index is -0.0695. The summed E-state index contributed by atoms with van der Waals surface area (Å²) in [7, 11) is 0. The van der Waals surface area contributed by atoms with Crippen LogP contribution in [0.5, 0.6) is 0 Å². The third kappa shape index (κ3) is 7.93. The van der Waals surface area contributed by atoms with E-state index in [9.17, 15) is 4.79 Å².